The van der Waals surface area contributed by atoms with Gasteiger partial charge in [-0.15, -0.1) is 0 Å². The Morgan fingerprint density at radius 1 is 1.15 bits per heavy atom. The molecule has 0 atom stereocenters. The number of aromatic nitrogens is 4. The predicted octanol–water partition coefficient (Wildman–Crippen LogP) is 3.93. The van der Waals surface area contributed by atoms with Gasteiger partial charge in [-0.25, -0.2) is 9.67 Å². The second kappa shape index (κ2) is 9.07. The highest BCUT2D eigenvalue weighted by Crippen LogP contribution is 2.28. The SMILES string of the molecule is CCCc1c(C(N)=O)c2cc(C)ccc2n1CNC(=O)c1ccc(-n2cnc(C)n2)cc1Cl. The zero-order valence-electron chi connectivity index (χ0n) is 18.7. The molecule has 2 amide bonds. The summed E-state index contributed by atoms with van der Waals surface area (Å²) in [5.74, 6) is -0.153. The first-order valence-electron chi connectivity index (χ1n) is 10.7. The molecule has 33 heavy (non-hydrogen) atoms. The minimum Gasteiger partial charge on any atom is -0.366 e. The van der Waals surface area contributed by atoms with Crippen molar-refractivity contribution in [1.82, 2.24) is 24.6 Å². The zero-order chi connectivity index (χ0) is 23.7. The Hall–Kier alpha value is -3.65. The van der Waals surface area contributed by atoms with E-state index in [4.69, 9.17) is 17.3 Å². The van der Waals surface area contributed by atoms with Crippen molar-refractivity contribution in [3.63, 3.8) is 0 Å². The number of nitrogens with zero attached hydrogens (tertiary/aromatic N) is 4. The number of hydrogen-bond acceptors (Lipinski definition) is 4. The first-order valence-corrected chi connectivity index (χ1v) is 11.1. The van der Waals surface area contributed by atoms with Gasteiger partial charge in [0.15, 0.2) is 0 Å². The topological polar surface area (TPSA) is 108 Å². The maximum Gasteiger partial charge on any atom is 0.254 e. The van der Waals surface area contributed by atoms with E-state index < -0.39 is 5.91 Å². The Morgan fingerprint density at radius 3 is 2.58 bits per heavy atom. The zero-order valence-corrected chi connectivity index (χ0v) is 19.5. The van der Waals surface area contributed by atoms with Gasteiger partial charge in [-0.1, -0.05) is 36.6 Å². The van der Waals surface area contributed by atoms with E-state index in [2.05, 4.69) is 15.4 Å². The average Bonchev–Trinajstić information content (AvgIpc) is 3.33. The van der Waals surface area contributed by atoms with Gasteiger partial charge in [0, 0.05) is 11.1 Å². The maximum absolute atomic E-state index is 13.0. The minimum absolute atomic E-state index is 0.182. The molecule has 4 rings (SSSR count). The first kappa shape index (κ1) is 22.5. The van der Waals surface area contributed by atoms with Crippen LogP contribution in [0.2, 0.25) is 5.02 Å². The number of aryl methyl sites for hydroxylation is 2. The molecule has 9 heteroatoms. The van der Waals surface area contributed by atoms with Crippen molar-refractivity contribution in [3.8, 4) is 5.69 Å². The Labute approximate surface area is 196 Å². The van der Waals surface area contributed by atoms with Gasteiger partial charge in [-0.05, 0) is 50.6 Å². The lowest BCUT2D eigenvalue weighted by molar-refractivity contribution is 0.0942. The van der Waals surface area contributed by atoms with Crippen molar-refractivity contribution >= 4 is 34.3 Å². The fourth-order valence-corrected chi connectivity index (χ4v) is 4.28. The van der Waals surface area contributed by atoms with Crippen LogP contribution in [0, 0.1) is 13.8 Å². The maximum atomic E-state index is 13.0. The Morgan fingerprint density at radius 2 is 1.94 bits per heavy atom. The molecule has 0 saturated heterocycles. The minimum atomic E-state index is -0.471. The molecule has 8 nitrogen and oxygen atoms in total. The number of carbonyl (C=O) groups excluding carboxylic acids is 2. The van der Waals surface area contributed by atoms with Crippen LogP contribution in [0.1, 0.15) is 51.1 Å². The molecule has 0 saturated carbocycles. The molecule has 170 valence electrons. The van der Waals surface area contributed by atoms with Crippen LogP contribution in [0.3, 0.4) is 0 Å². The number of carbonyl (C=O) groups is 2. The molecule has 0 unspecified atom stereocenters. The van der Waals surface area contributed by atoms with Gasteiger partial charge in [0.25, 0.3) is 11.8 Å². The lowest BCUT2D eigenvalue weighted by Crippen LogP contribution is -2.27. The molecule has 0 fully saturated rings. The number of benzene rings is 2. The number of fused-ring (bicyclic) bond motifs is 1. The van der Waals surface area contributed by atoms with E-state index in [-0.39, 0.29) is 12.6 Å². The van der Waals surface area contributed by atoms with Crippen LogP contribution in [0.25, 0.3) is 16.6 Å². The first-order chi connectivity index (χ1) is 15.8. The lowest BCUT2D eigenvalue weighted by atomic mass is 10.1. The predicted molar refractivity (Wildman–Crippen MR) is 128 cm³/mol. The highest BCUT2D eigenvalue weighted by Gasteiger charge is 2.21. The fraction of sp³-hybridized carbons (Fsp3) is 0.250. The van der Waals surface area contributed by atoms with Gasteiger partial charge in [-0.2, -0.15) is 5.10 Å². The molecular weight excluding hydrogens is 440 g/mol. The molecule has 2 aromatic heterocycles. The number of nitrogens with two attached hydrogens (primary N) is 1. The standard InChI is InChI=1S/C24H25ClN6O2/c1-4-5-21-22(23(26)32)18-10-14(2)6-9-20(18)30(21)12-28-24(33)17-8-7-16(11-19(17)25)31-13-27-15(3)29-31/h6-11,13H,4-5,12H2,1-3H3,(H2,26,32)(H,28,33). The smallest absolute Gasteiger partial charge is 0.254 e. The monoisotopic (exact) mass is 464 g/mol. The van der Waals surface area contributed by atoms with Crippen molar-refractivity contribution in [2.75, 3.05) is 0 Å². The van der Waals surface area contributed by atoms with Crippen LogP contribution in [0.4, 0.5) is 0 Å². The number of rotatable bonds is 7. The molecule has 2 aromatic carbocycles. The summed E-state index contributed by atoms with van der Waals surface area (Å²) < 4.78 is 3.54. The highest BCUT2D eigenvalue weighted by molar-refractivity contribution is 6.34. The van der Waals surface area contributed by atoms with Crippen molar-refractivity contribution in [3.05, 3.63) is 76.0 Å². The fourth-order valence-electron chi connectivity index (χ4n) is 4.02. The summed E-state index contributed by atoms with van der Waals surface area (Å²) in [6, 6.07) is 11.0. The number of nitrogens with one attached hydrogen (secondary N) is 1. The second-order valence-electron chi connectivity index (χ2n) is 7.95. The number of primary amides is 1. The molecule has 0 radical (unpaired) electrons. The van der Waals surface area contributed by atoms with Crippen LogP contribution in [0.15, 0.2) is 42.7 Å². The van der Waals surface area contributed by atoms with Crippen LogP contribution in [0.5, 0.6) is 0 Å². The molecule has 0 spiro atoms. The molecule has 0 aliphatic carbocycles. The summed E-state index contributed by atoms with van der Waals surface area (Å²) >= 11 is 6.41. The number of hydrogen-bond donors (Lipinski definition) is 2. The van der Waals surface area contributed by atoms with E-state index in [1.807, 2.05) is 36.6 Å². The largest absolute Gasteiger partial charge is 0.366 e. The quantitative estimate of drug-likeness (QED) is 0.432. The van der Waals surface area contributed by atoms with Gasteiger partial charge in [0.2, 0.25) is 0 Å². The summed E-state index contributed by atoms with van der Waals surface area (Å²) in [6.45, 7) is 5.98. The van der Waals surface area contributed by atoms with Crippen molar-refractivity contribution in [2.45, 2.75) is 40.3 Å². The molecule has 0 aliphatic heterocycles. The Kier molecular flexibility index (Phi) is 6.20. The van der Waals surface area contributed by atoms with E-state index >= 15 is 0 Å². The second-order valence-corrected chi connectivity index (χ2v) is 8.36. The molecule has 3 N–H and O–H groups in total. The van der Waals surface area contributed by atoms with Gasteiger partial charge in [-0.3, -0.25) is 9.59 Å². The van der Waals surface area contributed by atoms with Crippen LogP contribution < -0.4 is 11.1 Å². The van der Waals surface area contributed by atoms with Gasteiger partial charge in [0.05, 0.1) is 34.0 Å². The van der Waals surface area contributed by atoms with Crippen LogP contribution in [-0.4, -0.2) is 31.1 Å². The Bertz CT molecular complexity index is 1370. The van der Waals surface area contributed by atoms with Crippen LogP contribution >= 0.6 is 11.6 Å². The van der Waals surface area contributed by atoms with E-state index in [9.17, 15) is 9.59 Å². The third kappa shape index (κ3) is 4.34. The van der Waals surface area contributed by atoms with Crippen LogP contribution in [-0.2, 0) is 13.1 Å². The molecule has 2 heterocycles. The summed E-state index contributed by atoms with van der Waals surface area (Å²) in [6.07, 6.45) is 3.08. The van der Waals surface area contributed by atoms with Crippen molar-refractivity contribution in [1.29, 1.82) is 0 Å². The molecular formula is C24H25ClN6O2. The number of halogens is 1. The van der Waals surface area contributed by atoms with Crippen molar-refractivity contribution in [2.24, 2.45) is 5.73 Å². The highest BCUT2D eigenvalue weighted by atomic mass is 35.5. The van der Waals surface area contributed by atoms with E-state index in [0.29, 0.717) is 34.1 Å². The summed E-state index contributed by atoms with van der Waals surface area (Å²) in [4.78, 5) is 29.3. The van der Waals surface area contributed by atoms with E-state index in [1.165, 1.54) is 0 Å². The summed E-state index contributed by atoms with van der Waals surface area (Å²) in [7, 11) is 0. The normalized spacial score (nSPS) is 11.2. The Balaban J connectivity index is 1.64. The van der Waals surface area contributed by atoms with E-state index in [1.54, 1.807) is 36.1 Å². The van der Waals surface area contributed by atoms with E-state index in [0.717, 1.165) is 28.6 Å². The number of amides is 2. The van der Waals surface area contributed by atoms with Gasteiger partial charge < -0.3 is 15.6 Å². The summed E-state index contributed by atoms with van der Waals surface area (Å²) in [5.41, 5.74) is 9.99. The third-order valence-electron chi connectivity index (χ3n) is 5.53. The summed E-state index contributed by atoms with van der Waals surface area (Å²) in [5, 5.41) is 8.29. The molecule has 4 aromatic rings. The van der Waals surface area contributed by atoms with Gasteiger partial charge >= 0.3 is 0 Å². The van der Waals surface area contributed by atoms with Gasteiger partial charge in [0.1, 0.15) is 12.2 Å². The molecule has 0 aliphatic rings. The third-order valence-corrected chi connectivity index (χ3v) is 5.84. The lowest BCUT2D eigenvalue weighted by Gasteiger charge is -2.13. The average molecular weight is 465 g/mol. The molecule has 0 bridgehead atoms. The van der Waals surface area contributed by atoms with Crippen molar-refractivity contribution < 1.29 is 9.59 Å².